The summed E-state index contributed by atoms with van der Waals surface area (Å²) in [5.41, 5.74) is 0.630. The third kappa shape index (κ3) is 2.23. The van der Waals surface area contributed by atoms with Crippen LogP contribution in [0.3, 0.4) is 0 Å². The van der Waals surface area contributed by atoms with E-state index in [1.807, 2.05) is 0 Å². The fourth-order valence-electron chi connectivity index (χ4n) is 1.18. The number of rotatable bonds is 3. The molecule has 0 aliphatic rings. The van der Waals surface area contributed by atoms with Crippen molar-refractivity contribution in [1.29, 1.82) is 0 Å². The Bertz CT molecular complexity index is 423. The van der Waals surface area contributed by atoms with Crippen LogP contribution >= 0.6 is 0 Å². The quantitative estimate of drug-likeness (QED) is 0.434. The van der Waals surface area contributed by atoms with E-state index in [2.05, 4.69) is 4.85 Å². The molecule has 0 bridgehead atoms. The normalized spacial score (nSPS) is 11.5. The van der Waals surface area contributed by atoms with Crippen LogP contribution in [0.15, 0.2) is 18.2 Å². The standard InChI is InChI=1S/C10H10N2O3/c1-7(11-2)8-4-5-9(12(13)14)10(6-8)15-3/h4-7H,1,3H3. The second-order valence-electron chi connectivity index (χ2n) is 2.99. The molecule has 0 fully saturated rings. The summed E-state index contributed by atoms with van der Waals surface area (Å²) in [6.45, 7) is 8.59. The monoisotopic (exact) mass is 206 g/mol. The maximum atomic E-state index is 10.6. The molecule has 0 aliphatic carbocycles. The predicted molar refractivity (Wildman–Crippen MR) is 54.7 cm³/mol. The van der Waals surface area contributed by atoms with E-state index in [-0.39, 0.29) is 17.5 Å². The second-order valence-corrected chi connectivity index (χ2v) is 2.99. The van der Waals surface area contributed by atoms with E-state index in [9.17, 15) is 10.1 Å². The van der Waals surface area contributed by atoms with Crippen molar-refractivity contribution >= 4 is 5.69 Å². The van der Waals surface area contributed by atoms with Crippen molar-refractivity contribution in [2.75, 3.05) is 7.11 Å². The highest BCUT2D eigenvalue weighted by Crippen LogP contribution is 2.30. The third-order valence-corrected chi connectivity index (χ3v) is 2.08. The number of hydrogen-bond acceptors (Lipinski definition) is 3. The van der Waals surface area contributed by atoms with E-state index in [1.165, 1.54) is 19.2 Å². The molecule has 1 aromatic rings. The maximum Gasteiger partial charge on any atom is 0.310 e. The van der Waals surface area contributed by atoms with Crippen LogP contribution in [-0.2, 0) is 0 Å². The number of ether oxygens (including phenoxy) is 1. The van der Waals surface area contributed by atoms with Crippen molar-refractivity contribution in [3.05, 3.63) is 45.3 Å². The summed E-state index contributed by atoms with van der Waals surface area (Å²) in [5.74, 6) is 0.188. The molecule has 1 rings (SSSR count). The minimum Gasteiger partial charge on any atom is -0.490 e. The smallest absolute Gasteiger partial charge is 0.310 e. The van der Waals surface area contributed by atoms with Gasteiger partial charge in [0.1, 0.15) is 0 Å². The molecular formula is C10H10N2O3. The first-order valence-electron chi connectivity index (χ1n) is 4.29. The average Bonchev–Trinajstić information content (AvgIpc) is 2.26. The van der Waals surface area contributed by atoms with E-state index < -0.39 is 4.92 Å². The van der Waals surface area contributed by atoms with Crippen LogP contribution in [0, 0.1) is 16.7 Å². The zero-order valence-corrected chi connectivity index (χ0v) is 8.43. The van der Waals surface area contributed by atoms with Gasteiger partial charge in [0, 0.05) is 18.6 Å². The zero-order chi connectivity index (χ0) is 11.4. The van der Waals surface area contributed by atoms with Gasteiger partial charge in [-0.3, -0.25) is 10.1 Å². The second kappa shape index (κ2) is 4.42. The number of nitro groups is 1. The highest BCUT2D eigenvalue weighted by molar-refractivity contribution is 5.49. The van der Waals surface area contributed by atoms with E-state index in [1.54, 1.807) is 13.0 Å². The van der Waals surface area contributed by atoms with Crippen molar-refractivity contribution in [3.8, 4) is 5.75 Å². The van der Waals surface area contributed by atoms with Gasteiger partial charge in [0.2, 0.25) is 6.04 Å². The SMILES string of the molecule is [C-]#[N+]C(C)c1ccc([N+](=O)[O-])c(OC)c1. The topological polar surface area (TPSA) is 56.7 Å². The molecule has 0 N–H and O–H groups in total. The minimum atomic E-state index is -0.509. The third-order valence-electron chi connectivity index (χ3n) is 2.08. The Morgan fingerprint density at radius 1 is 1.60 bits per heavy atom. The Hall–Kier alpha value is -2.09. The van der Waals surface area contributed by atoms with Gasteiger partial charge in [-0.05, 0) is 12.1 Å². The van der Waals surface area contributed by atoms with Crippen LogP contribution in [0.2, 0.25) is 0 Å². The summed E-state index contributed by atoms with van der Waals surface area (Å²) in [6.07, 6.45) is 0. The summed E-state index contributed by atoms with van der Waals surface area (Å²) in [4.78, 5) is 13.4. The number of benzene rings is 1. The lowest BCUT2D eigenvalue weighted by atomic mass is 10.1. The van der Waals surface area contributed by atoms with Crippen molar-refractivity contribution in [2.45, 2.75) is 13.0 Å². The fraction of sp³-hybridized carbons (Fsp3) is 0.300. The number of hydrogen-bond donors (Lipinski definition) is 0. The van der Waals surface area contributed by atoms with Gasteiger partial charge in [-0.15, -0.1) is 0 Å². The van der Waals surface area contributed by atoms with Gasteiger partial charge in [0.25, 0.3) is 0 Å². The Morgan fingerprint density at radius 3 is 2.73 bits per heavy atom. The predicted octanol–water partition coefficient (Wildman–Crippen LogP) is 2.58. The molecule has 5 nitrogen and oxygen atoms in total. The molecule has 0 spiro atoms. The van der Waals surface area contributed by atoms with Gasteiger partial charge in [-0.2, -0.15) is 0 Å². The summed E-state index contributed by atoms with van der Waals surface area (Å²) in [6, 6.07) is 4.14. The van der Waals surface area contributed by atoms with E-state index >= 15 is 0 Å². The molecule has 1 unspecified atom stereocenters. The van der Waals surface area contributed by atoms with Crippen LogP contribution in [0.1, 0.15) is 18.5 Å². The zero-order valence-electron chi connectivity index (χ0n) is 8.43. The number of nitrogens with zero attached hydrogens (tertiary/aromatic N) is 2. The van der Waals surface area contributed by atoms with Gasteiger partial charge >= 0.3 is 5.69 Å². The van der Waals surface area contributed by atoms with Crippen LogP contribution in [0.4, 0.5) is 5.69 Å². The Kier molecular flexibility index (Phi) is 3.24. The fourth-order valence-corrected chi connectivity index (χ4v) is 1.18. The van der Waals surface area contributed by atoms with Crippen LogP contribution in [-0.4, -0.2) is 12.0 Å². The average molecular weight is 206 g/mol. The molecule has 0 radical (unpaired) electrons. The van der Waals surface area contributed by atoms with Crippen molar-refractivity contribution in [3.63, 3.8) is 0 Å². The maximum absolute atomic E-state index is 10.6. The molecule has 0 heterocycles. The molecule has 0 aromatic heterocycles. The van der Waals surface area contributed by atoms with Crippen LogP contribution in [0.25, 0.3) is 4.85 Å². The highest BCUT2D eigenvalue weighted by atomic mass is 16.6. The first-order valence-corrected chi connectivity index (χ1v) is 4.29. The molecule has 15 heavy (non-hydrogen) atoms. The largest absolute Gasteiger partial charge is 0.490 e. The van der Waals surface area contributed by atoms with Crippen molar-refractivity contribution in [2.24, 2.45) is 0 Å². The first kappa shape index (κ1) is 11.0. The Balaban J connectivity index is 3.20. The lowest BCUT2D eigenvalue weighted by Gasteiger charge is -2.04. The lowest BCUT2D eigenvalue weighted by Crippen LogP contribution is -1.96. The lowest BCUT2D eigenvalue weighted by molar-refractivity contribution is -0.385. The van der Waals surface area contributed by atoms with Crippen LogP contribution in [0.5, 0.6) is 5.75 Å². The Labute approximate surface area is 87.3 Å². The van der Waals surface area contributed by atoms with Gasteiger partial charge in [-0.25, -0.2) is 6.57 Å². The molecule has 0 aliphatic heterocycles. The number of methoxy groups -OCH3 is 1. The van der Waals surface area contributed by atoms with Gasteiger partial charge in [0.05, 0.1) is 12.0 Å². The van der Waals surface area contributed by atoms with E-state index in [0.29, 0.717) is 5.56 Å². The van der Waals surface area contributed by atoms with Gasteiger partial charge in [-0.1, -0.05) is 0 Å². The first-order chi connectivity index (χ1) is 7.10. The van der Waals surface area contributed by atoms with Crippen molar-refractivity contribution in [1.82, 2.24) is 0 Å². The molecule has 1 aromatic carbocycles. The summed E-state index contributed by atoms with van der Waals surface area (Å²) in [7, 11) is 1.37. The number of nitro benzene ring substituents is 1. The molecule has 0 saturated carbocycles. The van der Waals surface area contributed by atoms with E-state index in [4.69, 9.17) is 11.3 Å². The molecular weight excluding hydrogens is 196 g/mol. The summed E-state index contributed by atoms with van der Waals surface area (Å²) < 4.78 is 4.90. The van der Waals surface area contributed by atoms with E-state index in [0.717, 1.165) is 0 Å². The molecule has 0 amide bonds. The summed E-state index contributed by atoms with van der Waals surface area (Å²) >= 11 is 0. The molecule has 1 atom stereocenters. The molecule has 0 saturated heterocycles. The van der Waals surface area contributed by atoms with Gasteiger partial charge in [0.15, 0.2) is 5.75 Å². The summed E-state index contributed by atoms with van der Waals surface area (Å²) in [5, 5.41) is 10.6. The van der Waals surface area contributed by atoms with Crippen LogP contribution < -0.4 is 4.74 Å². The van der Waals surface area contributed by atoms with Gasteiger partial charge < -0.3 is 9.58 Å². The molecule has 5 heteroatoms. The van der Waals surface area contributed by atoms with Crippen molar-refractivity contribution < 1.29 is 9.66 Å². The Morgan fingerprint density at radius 2 is 2.27 bits per heavy atom. The highest BCUT2D eigenvalue weighted by Gasteiger charge is 2.18. The molecule has 78 valence electrons. The minimum absolute atomic E-state index is 0.0848.